The SMILES string of the molecule is CC[C@H](C)[C@@H]([C@@H](CC(=O)N1CCC[C@H]1[C@H](OC)[C@@H](C)C(=O)N[C@@H](C)[C-]=O)OC)N(C)C(=O)[C@@H](CC(=O)[C@H](C(C)C)N(C)C)C(C)C.CC[C@H](C)[C@@H]([C@@H](CC(=O)N1CCC[C@H]1[C@H](OC)[C@@H](C)C(=O)N[C@@H](C)[C-]=O)OC)N(C)C(=O)[C@@H](CC(=O)[C@H](C(C)C)N(C)C)C(C)C.O=C(CCN1C(=O)C=CC1=O)ON1C(=O)CCC1=O.[CH2-]CCN.[CH2-]CCNC(=O)CCN1C(=O)C=CC1=O.[W].[W].[W].[W].[W].[W]. The first kappa shape index (κ1) is 142. The van der Waals surface area contributed by atoms with Gasteiger partial charge in [-0.15, -0.1) is 5.06 Å². The van der Waals surface area contributed by atoms with Crippen molar-refractivity contribution in [3.8, 4) is 0 Å². The number of carbonyl (C=O) groups is 16. The first-order valence-electron chi connectivity index (χ1n) is 45.7. The van der Waals surface area contributed by atoms with Crippen LogP contribution < -0.4 is 21.7 Å². The summed E-state index contributed by atoms with van der Waals surface area (Å²) in [4.78, 5) is 237. The number of nitrogens with zero attached hydrogens (tertiary/aromatic N) is 9. The molecular formula is C94H157N13O23W6-4. The van der Waals surface area contributed by atoms with Crippen LogP contribution in [0.1, 0.15) is 214 Å². The van der Waals surface area contributed by atoms with E-state index >= 15 is 0 Å². The standard InChI is InChI=1S/2C35H63N4O7.C11H10N2O6.C10H13N2O3.C3H8N.6W/c2*1-14-23(6)32(38(11)35(44)26(21(2)3)18-28(41)31(22(4)5)37(9)10)29(45-12)19-30(42)39-17-15-16-27(39)33(46-13)25(8)34(43)36-24(7)20-40;14-7-1-2-8(15)12(7)6-5-11(18)19-13-9(16)3-4-10(13)17;1-2-6-11-8(13)5-7-12-9(14)3-4-10(12)15;1-2-3-4;;;;;;/h2*21-27,29,31-33H,14-19H2,1-13H3,(H,36,43);1-2H,3-6H2;3-4H,1-2,5-7H2,(H,11,13);1-4H2;;;;;;/q2*-1;;2*-1;;;;;;/t2*23-,24-,25+,26-,27-,29+,31-,32-,33+;;;;;;;;;/m00........./s1. The van der Waals surface area contributed by atoms with Crippen LogP contribution in [0.3, 0.4) is 0 Å². The number of methoxy groups -OCH3 is 4. The molecule has 136 heavy (non-hydrogen) atoms. The third-order valence-electron chi connectivity index (χ3n) is 24.5. The molecule has 0 unspecified atom stereocenters. The maximum atomic E-state index is 14.2. The van der Waals surface area contributed by atoms with Crippen molar-refractivity contribution < 1.29 is 236 Å². The van der Waals surface area contributed by atoms with Crippen molar-refractivity contribution in [2.75, 3.05) is 110 Å². The van der Waals surface area contributed by atoms with Crippen LogP contribution in [0.25, 0.3) is 0 Å². The van der Waals surface area contributed by atoms with E-state index < -0.39 is 102 Å². The molecule has 0 bridgehead atoms. The molecule has 5 aliphatic rings. The Bertz CT molecular complexity index is 3570. The van der Waals surface area contributed by atoms with Gasteiger partial charge in [-0.2, -0.15) is 12.8 Å². The molecule has 3 saturated heterocycles. The Labute approximate surface area is 895 Å². The number of hydrogen-bond acceptors (Lipinski definition) is 26. The van der Waals surface area contributed by atoms with Crippen LogP contribution in [0.4, 0.5) is 0 Å². The van der Waals surface area contributed by atoms with Crippen LogP contribution in [-0.4, -0.2) is 334 Å². The number of Topliss-reactive ketones (excluding diaryl/α,β-unsaturated/α-hetero) is 2. The van der Waals surface area contributed by atoms with Gasteiger partial charge in [0.2, 0.25) is 41.4 Å². The van der Waals surface area contributed by atoms with Crippen molar-refractivity contribution in [3.05, 3.63) is 38.2 Å². The average molecular weight is 2940 g/mol. The summed E-state index contributed by atoms with van der Waals surface area (Å²) >= 11 is 0. The average Bonchev–Trinajstić information content (AvgIpc) is 1.79. The van der Waals surface area contributed by atoms with Crippen molar-refractivity contribution in [2.45, 2.75) is 286 Å². The molecule has 42 heteroatoms. The molecule has 0 aromatic carbocycles. The molecule has 0 aromatic rings. The van der Waals surface area contributed by atoms with E-state index in [-0.39, 0.29) is 315 Å². The van der Waals surface area contributed by atoms with Gasteiger partial charge in [-0.3, -0.25) is 91.5 Å². The number of ether oxygens (including phenoxy) is 4. The first-order chi connectivity index (χ1) is 61.0. The fourth-order valence-corrected chi connectivity index (χ4v) is 17.1. The molecule has 36 nitrogen and oxygen atoms in total. The van der Waals surface area contributed by atoms with Gasteiger partial charge in [0.1, 0.15) is 0 Å². The maximum Gasteiger partial charge on any atom is 0.335 e. The number of rotatable bonds is 50. The van der Waals surface area contributed by atoms with E-state index in [1.165, 1.54) is 26.4 Å². The molecule has 0 radical (unpaired) electrons. The maximum absolute atomic E-state index is 14.2. The zero-order valence-corrected chi connectivity index (χ0v) is 103. The molecular weight excluding hydrogens is 2780 g/mol. The van der Waals surface area contributed by atoms with Gasteiger partial charge in [-0.25, -0.2) is 17.4 Å². The number of carbonyl (C=O) groups excluding carboxylic acids is 18. The number of nitrogens with one attached hydrogen (secondary N) is 3. The molecule has 3 fully saturated rings. The summed E-state index contributed by atoms with van der Waals surface area (Å²) in [6.45, 7) is 40.0. The molecule has 5 N–H and O–H groups in total. The number of nitrogens with two attached hydrogens (primary N) is 1. The van der Waals surface area contributed by atoms with Crippen LogP contribution in [0.2, 0.25) is 0 Å². The number of ketones is 2. The van der Waals surface area contributed by atoms with E-state index in [9.17, 15) is 86.3 Å². The Hall–Kier alpha value is -4.81. The summed E-state index contributed by atoms with van der Waals surface area (Å²) in [6.07, 6.45) is 12.0. The van der Waals surface area contributed by atoms with Crippen molar-refractivity contribution in [1.29, 1.82) is 0 Å². The Morgan fingerprint density at radius 3 is 1.07 bits per heavy atom. The quantitative estimate of drug-likeness (QED) is 0.0438. The molecule has 5 rings (SSSR count). The van der Waals surface area contributed by atoms with Gasteiger partial charge in [-0.05, 0) is 102 Å². The Morgan fingerprint density at radius 1 is 0.485 bits per heavy atom. The van der Waals surface area contributed by atoms with E-state index in [2.05, 4.69) is 48.5 Å². The van der Waals surface area contributed by atoms with Gasteiger partial charge in [0.15, 0.2) is 11.6 Å². The molecule has 5 aliphatic heterocycles. The summed E-state index contributed by atoms with van der Waals surface area (Å²) in [5, 5.41) is 8.30. The van der Waals surface area contributed by atoms with Crippen LogP contribution in [0, 0.1) is 73.0 Å². The van der Waals surface area contributed by atoms with Crippen LogP contribution >= 0.6 is 0 Å². The number of likely N-dealkylation sites (N-methyl/N-ethyl adjacent to an activating group) is 4. The number of amides is 13. The largest absolute Gasteiger partial charge is 0.540 e. The summed E-state index contributed by atoms with van der Waals surface area (Å²) in [7, 11) is 17.3. The Kier molecular flexibility index (Phi) is 76.5. The minimum Gasteiger partial charge on any atom is -0.540 e. The second-order valence-corrected chi connectivity index (χ2v) is 35.9. The summed E-state index contributed by atoms with van der Waals surface area (Å²) in [5.41, 5.74) is 4.97. The van der Waals surface area contributed by atoms with Gasteiger partial charge < -0.3 is 88.5 Å². The molecule has 0 aromatic heterocycles. The van der Waals surface area contributed by atoms with E-state index in [0.29, 0.717) is 50.5 Å². The van der Waals surface area contributed by atoms with E-state index in [4.69, 9.17) is 24.7 Å². The molecule has 776 valence electrons. The van der Waals surface area contributed by atoms with E-state index in [1.54, 1.807) is 88.2 Å². The predicted molar refractivity (Wildman–Crippen MR) is 490 cm³/mol. The monoisotopic (exact) mass is 2940 g/mol. The van der Waals surface area contributed by atoms with Gasteiger partial charge in [-0.1, -0.05) is 136 Å². The number of imide groups is 3. The van der Waals surface area contributed by atoms with Crippen molar-refractivity contribution in [3.63, 3.8) is 0 Å². The third-order valence-corrected chi connectivity index (χ3v) is 24.5. The van der Waals surface area contributed by atoms with Crippen LogP contribution in [0.15, 0.2) is 24.3 Å². The summed E-state index contributed by atoms with van der Waals surface area (Å²) < 4.78 is 23.5. The van der Waals surface area contributed by atoms with Gasteiger partial charge in [0.25, 0.3) is 35.4 Å². The topological polar surface area (TPSA) is 445 Å². The van der Waals surface area contributed by atoms with Crippen molar-refractivity contribution in [1.82, 2.24) is 60.2 Å². The molecule has 0 spiro atoms. The van der Waals surface area contributed by atoms with Crippen LogP contribution in [0.5, 0.6) is 0 Å². The Morgan fingerprint density at radius 2 is 0.809 bits per heavy atom. The fraction of sp³-hybridized carbons (Fsp3) is 0.745. The molecule has 5 heterocycles. The predicted octanol–water partition coefficient (Wildman–Crippen LogP) is 5.38. The van der Waals surface area contributed by atoms with E-state index in [0.717, 1.165) is 54.1 Å². The van der Waals surface area contributed by atoms with Gasteiger partial charge >= 0.3 is 5.97 Å². The third kappa shape index (κ3) is 45.0. The zero-order chi connectivity index (χ0) is 99.6. The zero-order valence-electron chi connectivity index (χ0n) is 84.9. The van der Waals surface area contributed by atoms with Gasteiger partial charge in [0.05, 0.1) is 91.8 Å². The second kappa shape index (κ2) is 73.3. The van der Waals surface area contributed by atoms with Gasteiger partial charge in [0, 0.05) is 263 Å². The minimum atomic E-state index is -0.851. The minimum absolute atomic E-state index is 0. The first-order valence-corrected chi connectivity index (χ1v) is 45.7. The molecule has 0 aliphatic carbocycles. The molecule has 0 saturated carbocycles. The number of likely N-dealkylation sites (tertiary alicyclic amines) is 2. The second-order valence-electron chi connectivity index (χ2n) is 35.9. The smallest absolute Gasteiger partial charge is 0.335 e. The van der Waals surface area contributed by atoms with Crippen molar-refractivity contribution in [2.24, 2.45) is 64.9 Å². The summed E-state index contributed by atoms with van der Waals surface area (Å²) in [6, 6.07) is -3.50. The molecule has 18 atom stereocenters. The van der Waals surface area contributed by atoms with E-state index in [1.807, 2.05) is 107 Å². The van der Waals surface area contributed by atoms with Crippen LogP contribution in [-0.2, 0) is 236 Å². The Balaban J connectivity index is -0.000000435. The number of hydrogen-bond donors (Lipinski definition) is 4. The number of hydroxylamine groups is 2. The fourth-order valence-electron chi connectivity index (χ4n) is 17.1. The molecule has 13 amide bonds. The normalized spacial score (nSPS) is 18.4. The van der Waals surface area contributed by atoms with Crippen molar-refractivity contribution >= 4 is 107 Å². The summed E-state index contributed by atoms with van der Waals surface area (Å²) in [5.74, 6) is -7.06.